The second-order valence-electron chi connectivity index (χ2n) is 7.43. The molecule has 16 heteroatoms. The van der Waals surface area contributed by atoms with Crippen LogP contribution in [-0.2, 0) is 17.2 Å². The molecule has 0 bridgehead atoms. The van der Waals surface area contributed by atoms with Crippen LogP contribution in [0.5, 0.6) is 5.75 Å². The van der Waals surface area contributed by atoms with Crippen LogP contribution >= 0.6 is 12.6 Å². The van der Waals surface area contributed by atoms with Gasteiger partial charge in [-0.25, -0.2) is 9.19 Å². The lowest BCUT2D eigenvalue weighted by Gasteiger charge is -2.19. The Morgan fingerprint density at radius 2 is 1.65 bits per heavy atom. The van der Waals surface area contributed by atoms with Crippen LogP contribution in [0.25, 0.3) is 11.4 Å². The summed E-state index contributed by atoms with van der Waals surface area (Å²) in [6, 6.07) is 9.05. The lowest BCUT2D eigenvalue weighted by atomic mass is 10.2. The summed E-state index contributed by atoms with van der Waals surface area (Å²) in [5.74, 6) is -6.33. The van der Waals surface area contributed by atoms with Gasteiger partial charge in [-0.05, 0) is 37.3 Å². The van der Waals surface area contributed by atoms with Crippen LogP contribution in [-0.4, -0.2) is 32.9 Å². The standard InChI is InChI=1S/C21H16F8N4O2S2/c1-11-2-5-13(6-3-11)37(34)33-32-18-14(20(24,25)26)8-16(36)17(31-18)15-7-4-12(9-30-15)35-10-19(22,23)21(27,28)29/h2-9,33,36H,10H2,1H3,(H,31,32). The molecule has 0 saturated carbocycles. The number of aryl methyl sites for hydroxylation is 1. The van der Waals surface area contributed by atoms with Crippen molar-refractivity contribution < 1.29 is 44.1 Å². The van der Waals surface area contributed by atoms with Crippen molar-refractivity contribution in [3.8, 4) is 17.1 Å². The van der Waals surface area contributed by atoms with E-state index in [1.54, 1.807) is 19.1 Å². The van der Waals surface area contributed by atoms with Crippen LogP contribution in [0.1, 0.15) is 11.1 Å². The van der Waals surface area contributed by atoms with Gasteiger partial charge in [0.25, 0.3) is 0 Å². The maximum Gasteiger partial charge on any atom is 0.456 e. The van der Waals surface area contributed by atoms with Gasteiger partial charge in [-0.3, -0.25) is 10.4 Å². The minimum Gasteiger partial charge on any atom is -0.485 e. The molecule has 0 aliphatic heterocycles. The molecule has 1 atom stereocenters. The van der Waals surface area contributed by atoms with Crippen molar-refractivity contribution in [2.75, 3.05) is 12.0 Å². The molecule has 2 heterocycles. The maximum atomic E-state index is 13.6. The molecule has 0 aliphatic carbocycles. The number of alkyl halides is 8. The van der Waals surface area contributed by atoms with Crippen molar-refractivity contribution in [2.45, 2.75) is 35.0 Å². The average molecular weight is 573 g/mol. The zero-order valence-electron chi connectivity index (χ0n) is 18.4. The summed E-state index contributed by atoms with van der Waals surface area (Å²) < 4.78 is 120. The van der Waals surface area contributed by atoms with E-state index in [9.17, 15) is 39.3 Å². The summed E-state index contributed by atoms with van der Waals surface area (Å²) in [7, 11) is -1.96. The number of pyridine rings is 2. The SMILES string of the molecule is Cc1ccc(S(=O)NNc2nc(-c3ccc(OCC(F)(F)C(F)(F)F)cn3)c(S)cc2C(F)(F)F)cc1. The van der Waals surface area contributed by atoms with Crippen molar-refractivity contribution in [2.24, 2.45) is 0 Å². The average Bonchev–Trinajstić information content (AvgIpc) is 2.81. The second kappa shape index (κ2) is 10.8. The zero-order chi connectivity index (χ0) is 27.6. The number of benzene rings is 1. The van der Waals surface area contributed by atoms with Crippen molar-refractivity contribution in [3.05, 3.63) is 59.8 Å². The lowest BCUT2D eigenvalue weighted by molar-refractivity contribution is -0.290. The molecule has 1 aromatic carbocycles. The van der Waals surface area contributed by atoms with Crippen molar-refractivity contribution in [3.63, 3.8) is 0 Å². The number of thiol groups is 1. The predicted octanol–water partition coefficient (Wildman–Crippen LogP) is 5.98. The summed E-state index contributed by atoms with van der Waals surface area (Å²) in [5, 5.41) is 0. The highest BCUT2D eigenvalue weighted by atomic mass is 32.2. The number of ether oxygens (including phenoxy) is 1. The Hall–Kier alpha value is -2.98. The molecule has 0 saturated heterocycles. The summed E-state index contributed by atoms with van der Waals surface area (Å²) >= 11 is 4.00. The third-order valence-corrected chi connectivity index (χ3v) is 5.95. The van der Waals surface area contributed by atoms with Crippen LogP contribution < -0.4 is 15.0 Å². The van der Waals surface area contributed by atoms with Gasteiger partial charge in [0, 0.05) is 4.90 Å². The molecule has 0 fully saturated rings. The van der Waals surface area contributed by atoms with Crippen molar-refractivity contribution >= 4 is 29.4 Å². The third-order valence-electron chi connectivity index (χ3n) is 4.62. The minimum atomic E-state index is -5.81. The van der Waals surface area contributed by atoms with E-state index in [0.29, 0.717) is 6.07 Å². The molecule has 0 spiro atoms. The first-order valence-corrected chi connectivity index (χ1v) is 11.5. The summed E-state index contributed by atoms with van der Waals surface area (Å²) in [6.07, 6.45) is -9.90. The second-order valence-corrected chi connectivity index (χ2v) is 9.12. The Bertz CT molecular complexity index is 1270. The molecular weight excluding hydrogens is 556 g/mol. The highest BCUT2D eigenvalue weighted by molar-refractivity contribution is 7.83. The van der Waals surface area contributed by atoms with E-state index in [1.165, 1.54) is 12.1 Å². The van der Waals surface area contributed by atoms with E-state index >= 15 is 0 Å². The fourth-order valence-corrected chi connectivity index (χ4v) is 3.66. The Morgan fingerprint density at radius 1 is 1.00 bits per heavy atom. The first-order valence-electron chi connectivity index (χ1n) is 9.93. The van der Waals surface area contributed by atoms with Crippen LogP contribution in [0.2, 0.25) is 0 Å². The topological polar surface area (TPSA) is 76.1 Å². The fourth-order valence-electron chi connectivity index (χ4n) is 2.68. The normalized spacial score (nSPS) is 13.4. The molecule has 37 heavy (non-hydrogen) atoms. The lowest BCUT2D eigenvalue weighted by Crippen LogP contribution is -2.41. The molecule has 3 aromatic rings. The van der Waals surface area contributed by atoms with Gasteiger partial charge in [-0.1, -0.05) is 17.7 Å². The van der Waals surface area contributed by atoms with Crippen LogP contribution in [0.4, 0.5) is 40.9 Å². The number of rotatable bonds is 8. The number of nitrogens with zero attached hydrogens (tertiary/aromatic N) is 2. The fraction of sp³-hybridized carbons (Fsp3) is 0.238. The Kier molecular flexibility index (Phi) is 8.34. The van der Waals surface area contributed by atoms with E-state index < -0.39 is 53.0 Å². The number of nitrogens with one attached hydrogen (secondary N) is 2. The van der Waals surface area contributed by atoms with E-state index in [-0.39, 0.29) is 21.2 Å². The predicted molar refractivity (Wildman–Crippen MR) is 121 cm³/mol. The van der Waals surface area contributed by atoms with E-state index in [1.807, 2.05) is 0 Å². The molecule has 2 aromatic heterocycles. The number of halogens is 8. The van der Waals surface area contributed by atoms with Crippen molar-refractivity contribution in [1.82, 2.24) is 14.8 Å². The molecule has 2 N–H and O–H groups in total. The van der Waals surface area contributed by atoms with Gasteiger partial charge >= 0.3 is 18.3 Å². The van der Waals surface area contributed by atoms with Gasteiger partial charge in [0.1, 0.15) is 28.0 Å². The first-order chi connectivity index (χ1) is 17.1. The molecule has 0 radical (unpaired) electrons. The van der Waals surface area contributed by atoms with Gasteiger partial charge in [0.15, 0.2) is 12.4 Å². The van der Waals surface area contributed by atoms with E-state index in [0.717, 1.165) is 23.9 Å². The largest absolute Gasteiger partial charge is 0.485 e. The number of anilines is 1. The molecule has 6 nitrogen and oxygen atoms in total. The highest BCUT2D eigenvalue weighted by Gasteiger charge is 2.58. The Labute approximate surface area is 212 Å². The number of aromatic nitrogens is 2. The molecule has 1 unspecified atom stereocenters. The van der Waals surface area contributed by atoms with Crippen LogP contribution in [0.15, 0.2) is 58.5 Å². The minimum absolute atomic E-state index is 0.101. The molecule has 3 rings (SSSR count). The molecule has 200 valence electrons. The summed E-state index contributed by atoms with van der Waals surface area (Å²) in [4.78, 5) is 9.89. The van der Waals surface area contributed by atoms with Crippen molar-refractivity contribution in [1.29, 1.82) is 0 Å². The summed E-state index contributed by atoms with van der Waals surface area (Å²) in [5.41, 5.74) is 1.50. The van der Waals surface area contributed by atoms with Gasteiger partial charge in [-0.2, -0.15) is 35.1 Å². The highest BCUT2D eigenvalue weighted by Crippen LogP contribution is 2.38. The van der Waals surface area contributed by atoms with Crippen LogP contribution in [0.3, 0.4) is 0 Å². The third kappa shape index (κ3) is 7.07. The quantitative estimate of drug-likeness (QED) is 0.176. The number of hydrogen-bond acceptors (Lipinski definition) is 6. The van der Waals surface area contributed by atoms with E-state index in [4.69, 9.17) is 0 Å². The Balaban J connectivity index is 1.84. The molecular formula is C21H16F8N4O2S2. The summed E-state index contributed by atoms with van der Waals surface area (Å²) in [6.45, 7) is -0.200. The Morgan fingerprint density at radius 3 is 2.19 bits per heavy atom. The van der Waals surface area contributed by atoms with Gasteiger partial charge in [0.2, 0.25) is 0 Å². The first kappa shape index (κ1) is 28.6. The van der Waals surface area contributed by atoms with Gasteiger partial charge in [0.05, 0.1) is 16.8 Å². The number of hydrazine groups is 1. The smallest absolute Gasteiger partial charge is 0.456 e. The zero-order valence-corrected chi connectivity index (χ0v) is 20.1. The molecule has 0 amide bonds. The van der Waals surface area contributed by atoms with Crippen LogP contribution in [0, 0.1) is 6.92 Å². The van der Waals surface area contributed by atoms with Gasteiger partial charge < -0.3 is 4.74 Å². The van der Waals surface area contributed by atoms with E-state index in [2.05, 4.69) is 37.6 Å². The number of hydrogen-bond donors (Lipinski definition) is 3. The monoisotopic (exact) mass is 572 g/mol. The maximum absolute atomic E-state index is 13.6. The van der Waals surface area contributed by atoms with Gasteiger partial charge in [-0.15, -0.1) is 17.5 Å². The molecule has 0 aliphatic rings.